The maximum Gasteiger partial charge on any atom is 0.255 e. The number of aryl methyl sites for hydroxylation is 2. The van der Waals surface area contributed by atoms with Crippen LogP contribution in [0.4, 0.5) is 5.69 Å². The van der Waals surface area contributed by atoms with Crippen LogP contribution in [0.3, 0.4) is 0 Å². The van der Waals surface area contributed by atoms with E-state index < -0.39 is 0 Å². The molecular formula is C22H24N4O2. The van der Waals surface area contributed by atoms with Crippen LogP contribution < -0.4 is 10.6 Å². The van der Waals surface area contributed by atoms with Gasteiger partial charge in [-0.1, -0.05) is 18.2 Å². The monoisotopic (exact) mass is 376 g/mol. The fourth-order valence-corrected chi connectivity index (χ4v) is 3.02. The van der Waals surface area contributed by atoms with Gasteiger partial charge in [-0.25, -0.2) is 0 Å². The van der Waals surface area contributed by atoms with E-state index in [1.54, 1.807) is 30.3 Å². The van der Waals surface area contributed by atoms with Crippen molar-refractivity contribution in [2.75, 3.05) is 11.9 Å². The van der Waals surface area contributed by atoms with Crippen LogP contribution >= 0.6 is 0 Å². The predicted molar refractivity (Wildman–Crippen MR) is 110 cm³/mol. The summed E-state index contributed by atoms with van der Waals surface area (Å²) in [5, 5.41) is 10.1. The zero-order valence-electron chi connectivity index (χ0n) is 16.3. The molecule has 0 unspecified atom stereocenters. The molecule has 0 bridgehead atoms. The lowest BCUT2D eigenvalue weighted by Gasteiger charge is -2.09. The van der Waals surface area contributed by atoms with Crippen LogP contribution in [0, 0.1) is 13.8 Å². The van der Waals surface area contributed by atoms with Gasteiger partial charge < -0.3 is 10.6 Å². The molecule has 1 heterocycles. The van der Waals surface area contributed by atoms with Crippen LogP contribution in [0.15, 0.2) is 54.6 Å². The van der Waals surface area contributed by atoms with Gasteiger partial charge in [-0.15, -0.1) is 0 Å². The highest BCUT2D eigenvalue weighted by Gasteiger charge is 2.10. The van der Waals surface area contributed by atoms with E-state index in [1.807, 2.05) is 49.7 Å². The smallest absolute Gasteiger partial charge is 0.255 e. The van der Waals surface area contributed by atoms with Crippen molar-refractivity contribution in [1.29, 1.82) is 0 Å². The number of hydrogen-bond donors (Lipinski definition) is 2. The van der Waals surface area contributed by atoms with Gasteiger partial charge in [0.25, 0.3) is 11.8 Å². The average molecular weight is 376 g/mol. The zero-order valence-corrected chi connectivity index (χ0v) is 16.3. The van der Waals surface area contributed by atoms with Crippen LogP contribution in [-0.4, -0.2) is 28.1 Å². The second-order valence-electron chi connectivity index (χ2n) is 6.68. The van der Waals surface area contributed by atoms with Crippen LogP contribution in [0.1, 0.15) is 44.6 Å². The molecule has 144 valence electrons. The van der Waals surface area contributed by atoms with Gasteiger partial charge in [0.05, 0.1) is 12.2 Å². The molecule has 28 heavy (non-hydrogen) atoms. The molecule has 3 rings (SSSR count). The summed E-state index contributed by atoms with van der Waals surface area (Å²) in [5.41, 5.74) is 4.70. The minimum absolute atomic E-state index is 0.162. The molecule has 2 N–H and O–H groups in total. The lowest BCUT2D eigenvalue weighted by Crippen LogP contribution is -2.22. The Labute approximate surface area is 164 Å². The number of amides is 2. The van der Waals surface area contributed by atoms with Crippen molar-refractivity contribution in [3.8, 4) is 0 Å². The van der Waals surface area contributed by atoms with Crippen LogP contribution in [0.5, 0.6) is 0 Å². The molecule has 6 nitrogen and oxygen atoms in total. The standard InChI is InChI=1S/C22H24N4O2/c1-4-23-21(27)19-9-6-10-20(13-19)24-22(28)18-8-5-7-17(12-18)14-26-16(3)11-15(2)25-26/h5-13H,4,14H2,1-3H3,(H,23,27)(H,24,28). The summed E-state index contributed by atoms with van der Waals surface area (Å²) >= 11 is 0. The van der Waals surface area contributed by atoms with Gasteiger partial charge in [0.15, 0.2) is 0 Å². The van der Waals surface area contributed by atoms with Crippen molar-refractivity contribution in [3.63, 3.8) is 0 Å². The number of nitrogens with one attached hydrogen (secondary N) is 2. The molecular weight excluding hydrogens is 352 g/mol. The van der Waals surface area contributed by atoms with Crippen molar-refractivity contribution < 1.29 is 9.59 Å². The number of nitrogens with zero attached hydrogens (tertiary/aromatic N) is 2. The highest BCUT2D eigenvalue weighted by molar-refractivity contribution is 6.05. The second-order valence-corrected chi connectivity index (χ2v) is 6.68. The molecule has 0 saturated heterocycles. The first-order valence-corrected chi connectivity index (χ1v) is 9.26. The minimum atomic E-state index is -0.219. The maximum atomic E-state index is 12.7. The van der Waals surface area contributed by atoms with Gasteiger partial charge in [-0.2, -0.15) is 5.10 Å². The van der Waals surface area contributed by atoms with Crippen molar-refractivity contribution >= 4 is 17.5 Å². The van der Waals surface area contributed by atoms with Crippen LogP contribution in [-0.2, 0) is 6.54 Å². The third-order valence-electron chi connectivity index (χ3n) is 4.34. The molecule has 0 atom stereocenters. The van der Waals surface area contributed by atoms with Crippen LogP contribution in [0.25, 0.3) is 0 Å². The SMILES string of the molecule is CCNC(=O)c1cccc(NC(=O)c2cccc(Cn3nc(C)cc3C)c2)c1. The summed E-state index contributed by atoms with van der Waals surface area (Å²) < 4.78 is 1.92. The number of rotatable bonds is 6. The predicted octanol–water partition coefficient (Wildman–Crippen LogP) is 3.55. The third kappa shape index (κ3) is 4.65. The first kappa shape index (κ1) is 19.4. The van der Waals surface area contributed by atoms with E-state index in [9.17, 15) is 9.59 Å². The van der Waals surface area contributed by atoms with Gasteiger partial charge in [0.1, 0.15) is 0 Å². The average Bonchev–Trinajstić information content (AvgIpc) is 2.99. The number of benzene rings is 2. The summed E-state index contributed by atoms with van der Waals surface area (Å²) in [6.07, 6.45) is 0. The molecule has 1 aromatic heterocycles. The largest absolute Gasteiger partial charge is 0.352 e. The summed E-state index contributed by atoms with van der Waals surface area (Å²) in [6.45, 7) is 6.99. The molecule has 0 fully saturated rings. The lowest BCUT2D eigenvalue weighted by molar-refractivity contribution is 0.0954. The highest BCUT2D eigenvalue weighted by atomic mass is 16.2. The van der Waals surface area contributed by atoms with E-state index in [0.717, 1.165) is 17.0 Å². The summed E-state index contributed by atoms with van der Waals surface area (Å²) in [4.78, 5) is 24.6. The molecule has 6 heteroatoms. The number of aromatic nitrogens is 2. The first-order chi connectivity index (χ1) is 13.5. The third-order valence-corrected chi connectivity index (χ3v) is 4.34. The van der Waals surface area contributed by atoms with E-state index in [4.69, 9.17) is 0 Å². The fraction of sp³-hybridized carbons (Fsp3) is 0.227. The molecule has 0 spiro atoms. The van der Waals surface area contributed by atoms with E-state index in [2.05, 4.69) is 15.7 Å². The number of hydrogen-bond acceptors (Lipinski definition) is 3. The molecule has 3 aromatic rings. The van der Waals surface area contributed by atoms with E-state index in [0.29, 0.717) is 29.9 Å². The second kappa shape index (κ2) is 8.52. The first-order valence-electron chi connectivity index (χ1n) is 9.26. The van der Waals surface area contributed by atoms with Crippen LogP contribution in [0.2, 0.25) is 0 Å². The fourth-order valence-electron chi connectivity index (χ4n) is 3.02. The number of carbonyl (C=O) groups excluding carboxylic acids is 2. The quantitative estimate of drug-likeness (QED) is 0.691. The molecule has 0 radical (unpaired) electrons. The van der Waals surface area contributed by atoms with Crippen molar-refractivity contribution in [1.82, 2.24) is 15.1 Å². The zero-order chi connectivity index (χ0) is 20.1. The van der Waals surface area contributed by atoms with Gasteiger partial charge >= 0.3 is 0 Å². The normalized spacial score (nSPS) is 10.5. The number of carbonyl (C=O) groups is 2. The van der Waals surface area contributed by atoms with E-state index >= 15 is 0 Å². The molecule has 0 aliphatic rings. The summed E-state index contributed by atoms with van der Waals surface area (Å²) in [7, 11) is 0. The van der Waals surface area contributed by atoms with Gasteiger partial charge in [-0.3, -0.25) is 14.3 Å². The van der Waals surface area contributed by atoms with E-state index in [-0.39, 0.29) is 11.8 Å². The summed E-state index contributed by atoms with van der Waals surface area (Å²) in [5.74, 6) is -0.381. The molecule has 0 aliphatic heterocycles. The Hall–Kier alpha value is -3.41. The lowest BCUT2D eigenvalue weighted by atomic mass is 10.1. The molecule has 0 aliphatic carbocycles. The Balaban J connectivity index is 1.74. The Morgan fingerprint density at radius 3 is 2.36 bits per heavy atom. The highest BCUT2D eigenvalue weighted by Crippen LogP contribution is 2.14. The van der Waals surface area contributed by atoms with Gasteiger partial charge in [0, 0.05) is 29.1 Å². The van der Waals surface area contributed by atoms with Crippen molar-refractivity contribution in [2.24, 2.45) is 0 Å². The van der Waals surface area contributed by atoms with Crippen molar-refractivity contribution in [2.45, 2.75) is 27.3 Å². The Morgan fingerprint density at radius 2 is 1.68 bits per heavy atom. The van der Waals surface area contributed by atoms with Gasteiger partial charge in [0.2, 0.25) is 0 Å². The topological polar surface area (TPSA) is 76.0 Å². The maximum absolute atomic E-state index is 12.7. The summed E-state index contributed by atoms with van der Waals surface area (Å²) in [6, 6.07) is 16.4. The molecule has 2 aromatic carbocycles. The van der Waals surface area contributed by atoms with E-state index in [1.165, 1.54) is 0 Å². The Morgan fingerprint density at radius 1 is 0.964 bits per heavy atom. The molecule has 0 saturated carbocycles. The minimum Gasteiger partial charge on any atom is -0.352 e. The molecule has 2 amide bonds. The van der Waals surface area contributed by atoms with Crippen molar-refractivity contribution in [3.05, 3.63) is 82.7 Å². The number of anilines is 1. The Kier molecular flexibility index (Phi) is 5.89. The Bertz CT molecular complexity index is 1010. The van der Waals surface area contributed by atoms with Gasteiger partial charge in [-0.05, 0) is 62.7 Å².